The summed E-state index contributed by atoms with van der Waals surface area (Å²) in [7, 11) is 0. The summed E-state index contributed by atoms with van der Waals surface area (Å²) < 4.78 is 12.6. The molecule has 1 atom stereocenters. The first-order valence-electron chi connectivity index (χ1n) is 5.37. The molecule has 0 saturated carbocycles. The van der Waals surface area contributed by atoms with Gasteiger partial charge in [-0.25, -0.2) is 0 Å². The first-order chi connectivity index (χ1) is 7.21. The zero-order valence-corrected chi connectivity index (χ0v) is 9.39. The SMILES string of the molecule is C#Cc1cc(CCC)cc(C(C)CF)c1. The Hall–Kier alpha value is -1.29. The number of terminal acetylenes is 1. The number of alkyl halides is 1. The van der Waals surface area contributed by atoms with Gasteiger partial charge in [0.15, 0.2) is 0 Å². The van der Waals surface area contributed by atoms with Crippen LogP contribution in [0.25, 0.3) is 0 Å². The highest BCUT2D eigenvalue weighted by molar-refractivity contribution is 5.40. The molecule has 0 heterocycles. The summed E-state index contributed by atoms with van der Waals surface area (Å²) in [5.74, 6) is 2.56. The molecule has 0 nitrogen and oxygen atoms in total. The van der Waals surface area contributed by atoms with Crippen LogP contribution in [0, 0.1) is 12.3 Å². The van der Waals surface area contributed by atoms with Gasteiger partial charge in [0.1, 0.15) is 0 Å². The largest absolute Gasteiger partial charge is 0.250 e. The molecule has 1 heteroatoms. The average Bonchev–Trinajstić information content (AvgIpc) is 2.28. The summed E-state index contributed by atoms with van der Waals surface area (Å²) in [6.07, 6.45) is 7.46. The topological polar surface area (TPSA) is 0 Å². The smallest absolute Gasteiger partial charge is 0.0960 e. The summed E-state index contributed by atoms with van der Waals surface area (Å²) in [6, 6.07) is 5.98. The lowest BCUT2D eigenvalue weighted by atomic mass is 9.96. The van der Waals surface area contributed by atoms with Gasteiger partial charge in [0.25, 0.3) is 0 Å². The Morgan fingerprint density at radius 2 is 2.13 bits per heavy atom. The molecule has 0 fully saturated rings. The Balaban J connectivity index is 3.06. The van der Waals surface area contributed by atoms with E-state index >= 15 is 0 Å². The maximum atomic E-state index is 12.6. The standard InChI is InChI=1S/C14H17F/c1-4-6-13-7-12(5-2)8-14(9-13)11(3)10-15/h2,7-9,11H,4,6,10H2,1,3H3. The van der Waals surface area contributed by atoms with Crippen LogP contribution in [-0.2, 0) is 6.42 Å². The van der Waals surface area contributed by atoms with E-state index < -0.39 is 0 Å². The third kappa shape index (κ3) is 3.09. The first kappa shape index (κ1) is 11.8. The van der Waals surface area contributed by atoms with Gasteiger partial charge in [-0.2, -0.15) is 0 Å². The minimum Gasteiger partial charge on any atom is -0.250 e. The Morgan fingerprint density at radius 1 is 1.40 bits per heavy atom. The molecule has 1 unspecified atom stereocenters. The van der Waals surface area contributed by atoms with Gasteiger partial charge in [-0.1, -0.05) is 32.3 Å². The number of rotatable bonds is 4. The van der Waals surface area contributed by atoms with Crippen LogP contribution in [0.1, 0.15) is 42.9 Å². The van der Waals surface area contributed by atoms with Crippen molar-refractivity contribution < 1.29 is 4.39 Å². The summed E-state index contributed by atoms with van der Waals surface area (Å²) in [5, 5.41) is 0. The highest BCUT2D eigenvalue weighted by Gasteiger charge is 2.07. The zero-order valence-electron chi connectivity index (χ0n) is 9.39. The Bertz CT molecular complexity index is 360. The molecule has 0 aliphatic rings. The number of halogens is 1. The van der Waals surface area contributed by atoms with Gasteiger partial charge in [-0.05, 0) is 29.7 Å². The maximum absolute atomic E-state index is 12.6. The van der Waals surface area contributed by atoms with Crippen molar-refractivity contribution in [3.63, 3.8) is 0 Å². The Morgan fingerprint density at radius 3 is 2.67 bits per heavy atom. The van der Waals surface area contributed by atoms with Gasteiger partial charge in [-0.3, -0.25) is 4.39 Å². The zero-order chi connectivity index (χ0) is 11.3. The molecule has 0 aromatic heterocycles. The average molecular weight is 204 g/mol. The lowest BCUT2D eigenvalue weighted by Crippen LogP contribution is -1.98. The number of hydrogen-bond donors (Lipinski definition) is 0. The highest BCUT2D eigenvalue weighted by Crippen LogP contribution is 2.20. The second-order valence-corrected chi connectivity index (χ2v) is 3.91. The fourth-order valence-corrected chi connectivity index (χ4v) is 1.61. The molecule has 1 aromatic rings. The third-order valence-corrected chi connectivity index (χ3v) is 2.52. The van der Waals surface area contributed by atoms with E-state index in [2.05, 4.69) is 18.9 Å². The van der Waals surface area contributed by atoms with Crippen LogP contribution in [0.3, 0.4) is 0 Å². The van der Waals surface area contributed by atoms with Gasteiger partial charge in [0.2, 0.25) is 0 Å². The van der Waals surface area contributed by atoms with Crippen molar-refractivity contribution in [1.82, 2.24) is 0 Å². The molecular formula is C14H17F. The van der Waals surface area contributed by atoms with Crippen molar-refractivity contribution in [2.75, 3.05) is 6.67 Å². The highest BCUT2D eigenvalue weighted by atomic mass is 19.1. The lowest BCUT2D eigenvalue weighted by Gasteiger charge is -2.10. The van der Waals surface area contributed by atoms with Crippen molar-refractivity contribution in [3.05, 3.63) is 34.9 Å². The predicted octanol–water partition coefficient (Wildman–Crippen LogP) is 3.69. The molecular weight excluding hydrogens is 187 g/mol. The van der Waals surface area contributed by atoms with Crippen molar-refractivity contribution >= 4 is 0 Å². The van der Waals surface area contributed by atoms with E-state index in [9.17, 15) is 4.39 Å². The van der Waals surface area contributed by atoms with Gasteiger partial charge >= 0.3 is 0 Å². The first-order valence-corrected chi connectivity index (χ1v) is 5.37. The van der Waals surface area contributed by atoms with Gasteiger partial charge in [-0.15, -0.1) is 6.42 Å². The molecule has 0 amide bonds. The van der Waals surface area contributed by atoms with E-state index in [1.165, 1.54) is 5.56 Å². The van der Waals surface area contributed by atoms with Gasteiger partial charge in [0, 0.05) is 11.5 Å². The summed E-state index contributed by atoms with van der Waals surface area (Å²) in [6.45, 7) is 3.67. The Labute approximate surface area is 91.5 Å². The summed E-state index contributed by atoms with van der Waals surface area (Å²) >= 11 is 0. The van der Waals surface area contributed by atoms with Crippen LogP contribution in [0.5, 0.6) is 0 Å². The molecule has 1 rings (SSSR count). The van der Waals surface area contributed by atoms with Crippen LogP contribution < -0.4 is 0 Å². The van der Waals surface area contributed by atoms with Crippen LogP contribution in [0.2, 0.25) is 0 Å². The molecule has 0 aliphatic heterocycles. The molecule has 0 spiro atoms. The predicted molar refractivity (Wildman–Crippen MR) is 62.8 cm³/mol. The van der Waals surface area contributed by atoms with Crippen LogP contribution >= 0.6 is 0 Å². The molecule has 0 radical (unpaired) electrons. The van der Waals surface area contributed by atoms with Crippen molar-refractivity contribution in [2.45, 2.75) is 32.6 Å². The van der Waals surface area contributed by atoms with Crippen molar-refractivity contribution in [3.8, 4) is 12.3 Å². The monoisotopic (exact) mass is 204 g/mol. The van der Waals surface area contributed by atoms with Crippen molar-refractivity contribution in [2.24, 2.45) is 0 Å². The molecule has 0 aliphatic carbocycles. The molecule has 0 N–H and O–H groups in total. The van der Waals surface area contributed by atoms with Crippen LogP contribution in [0.15, 0.2) is 18.2 Å². The fourth-order valence-electron chi connectivity index (χ4n) is 1.61. The maximum Gasteiger partial charge on any atom is 0.0960 e. The normalized spacial score (nSPS) is 12.1. The van der Waals surface area contributed by atoms with Gasteiger partial charge in [0.05, 0.1) is 6.67 Å². The molecule has 80 valence electrons. The van der Waals surface area contributed by atoms with E-state index in [-0.39, 0.29) is 12.6 Å². The lowest BCUT2D eigenvalue weighted by molar-refractivity contribution is 0.447. The number of hydrogen-bond acceptors (Lipinski definition) is 0. The second-order valence-electron chi connectivity index (χ2n) is 3.91. The van der Waals surface area contributed by atoms with Gasteiger partial charge < -0.3 is 0 Å². The van der Waals surface area contributed by atoms with E-state index in [4.69, 9.17) is 6.42 Å². The summed E-state index contributed by atoms with van der Waals surface area (Å²) in [5.41, 5.74) is 3.08. The van der Waals surface area contributed by atoms with E-state index in [1.807, 2.05) is 19.1 Å². The minimum absolute atomic E-state index is 0.0612. The van der Waals surface area contributed by atoms with E-state index in [1.54, 1.807) is 0 Å². The molecule has 1 aromatic carbocycles. The number of aryl methyl sites for hydroxylation is 1. The van der Waals surface area contributed by atoms with E-state index in [0.717, 1.165) is 24.0 Å². The van der Waals surface area contributed by atoms with Crippen LogP contribution in [0.4, 0.5) is 4.39 Å². The van der Waals surface area contributed by atoms with E-state index in [0.29, 0.717) is 0 Å². The molecule has 15 heavy (non-hydrogen) atoms. The fraction of sp³-hybridized carbons (Fsp3) is 0.429. The minimum atomic E-state index is -0.334. The van der Waals surface area contributed by atoms with Crippen molar-refractivity contribution in [1.29, 1.82) is 0 Å². The van der Waals surface area contributed by atoms with Crippen LogP contribution in [-0.4, -0.2) is 6.67 Å². The quantitative estimate of drug-likeness (QED) is 0.656. The molecule has 0 saturated heterocycles. The summed E-state index contributed by atoms with van der Waals surface area (Å²) in [4.78, 5) is 0. The number of benzene rings is 1. The third-order valence-electron chi connectivity index (χ3n) is 2.52. The Kier molecular flexibility index (Phi) is 4.37. The molecule has 0 bridgehead atoms. The second kappa shape index (κ2) is 5.56.